The van der Waals surface area contributed by atoms with Crippen LogP contribution in [0.15, 0.2) is 35.5 Å². The van der Waals surface area contributed by atoms with Gasteiger partial charge in [-0.2, -0.15) is 26.3 Å². The van der Waals surface area contributed by atoms with Gasteiger partial charge < -0.3 is 10.2 Å². The fraction of sp³-hybridized carbons (Fsp3) is 0.429. The molecule has 26 heavy (non-hydrogen) atoms. The van der Waals surface area contributed by atoms with Crippen molar-refractivity contribution in [3.63, 3.8) is 0 Å². The first kappa shape index (κ1) is 21.9. The van der Waals surface area contributed by atoms with Crippen LogP contribution in [0.2, 0.25) is 0 Å². The van der Waals surface area contributed by atoms with Gasteiger partial charge >= 0.3 is 24.1 Å². The molecule has 0 fully saturated rings. The number of urea groups is 1. The van der Waals surface area contributed by atoms with Crippen LogP contribution in [0.4, 0.5) is 36.8 Å². The first-order valence-corrected chi connectivity index (χ1v) is 7.37. The first-order valence-electron chi connectivity index (χ1n) is 6.99. The zero-order valence-corrected chi connectivity index (χ0v) is 14.1. The molecule has 0 aliphatic heterocycles. The molecule has 0 bridgehead atoms. The summed E-state index contributed by atoms with van der Waals surface area (Å²) >= 11 is 5.45. The fourth-order valence-corrected chi connectivity index (χ4v) is 1.52. The monoisotopic (exact) mass is 405 g/mol. The molecular formula is C14H14ClF6N3O2. The molecule has 2 N–H and O–H groups in total. The van der Waals surface area contributed by atoms with Crippen molar-refractivity contribution in [3.8, 4) is 0 Å². The quantitative estimate of drug-likeness (QED) is 0.318. The molecule has 146 valence electrons. The Morgan fingerprint density at radius 3 is 2.00 bits per heavy atom. The summed E-state index contributed by atoms with van der Waals surface area (Å²) in [5.41, 5.74) is -5.12. The molecule has 5 nitrogen and oxygen atoms in total. The van der Waals surface area contributed by atoms with Gasteiger partial charge in [-0.25, -0.2) is 4.79 Å². The topological polar surface area (TPSA) is 62.7 Å². The van der Waals surface area contributed by atoms with Crippen LogP contribution in [0.3, 0.4) is 0 Å². The third kappa shape index (κ3) is 5.16. The summed E-state index contributed by atoms with van der Waals surface area (Å²) in [7, 11) is 0. The first-order chi connectivity index (χ1) is 11.8. The Morgan fingerprint density at radius 2 is 1.58 bits per heavy atom. The van der Waals surface area contributed by atoms with Gasteiger partial charge in [-0.05, 0) is 12.1 Å². The van der Waals surface area contributed by atoms with Crippen molar-refractivity contribution in [2.24, 2.45) is 11.1 Å². The van der Waals surface area contributed by atoms with Crippen LogP contribution < -0.4 is 10.6 Å². The largest absolute Gasteiger partial charge is 0.461 e. The molecule has 0 aromatic heterocycles. The van der Waals surface area contributed by atoms with Gasteiger partial charge in [-0.15, -0.1) is 0 Å². The summed E-state index contributed by atoms with van der Waals surface area (Å²) in [5, 5.41) is 4.65. The molecule has 0 saturated carbocycles. The van der Waals surface area contributed by atoms with Crippen LogP contribution in [0.1, 0.15) is 13.8 Å². The number of rotatable bonds is 5. The number of amides is 2. The lowest BCUT2D eigenvalue weighted by molar-refractivity contribution is -0.388. The zero-order valence-electron chi connectivity index (χ0n) is 13.4. The number of nitrogens with one attached hydrogen (secondary N) is 2. The highest BCUT2D eigenvalue weighted by Crippen LogP contribution is 2.44. The zero-order chi connectivity index (χ0) is 20.2. The molecule has 0 aliphatic rings. The maximum Gasteiger partial charge on any atom is 0.461 e. The average molecular weight is 406 g/mol. The Morgan fingerprint density at radius 1 is 1.08 bits per heavy atom. The van der Waals surface area contributed by atoms with E-state index >= 15 is 0 Å². The van der Waals surface area contributed by atoms with Gasteiger partial charge in [0, 0.05) is 11.6 Å². The van der Waals surface area contributed by atoms with E-state index in [0.29, 0.717) is 0 Å². The summed E-state index contributed by atoms with van der Waals surface area (Å²) in [4.78, 5) is 15.4. The van der Waals surface area contributed by atoms with E-state index in [1.807, 2.05) is 5.32 Å². The molecule has 2 amide bonds. The standard InChI is InChI=1S/C14H14ClF6N3O2/c1-8(2)10(15)24-26-12(13(16,17)18,14(19,20)21)23-11(25)22-9-6-4-3-5-7-9/h3-8H,1-2H3,(H2,22,23,25)/b24-10-. The van der Waals surface area contributed by atoms with Crippen molar-refractivity contribution in [1.82, 2.24) is 5.32 Å². The summed E-state index contributed by atoms with van der Waals surface area (Å²) < 4.78 is 79.3. The van der Waals surface area contributed by atoms with E-state index in [-0.39, 0.29) is 5.69 Å². The number of halogens is 7. The molecule has 1 aromatic carbocycles. The minimum atomic E-state index is -6.09. The number of anilines is 1. The number of nitrogens with zero attached hydrogens (tertiary/aromatic N) is 1. The van der Waals surface area contributed by atoms with E-state index in [1.165, 1.54) is 44.2 Å². The number of hydrogen-bond acceptors (Lipinski definition) is 3. The van der Waals surface area contributed by atoms with E-state index < -0.39 is 35.2 Å². The van der Waals surface area contributed by atoms with E-state index in [9.17, 15) is 31.1 Å². The normalized spacial score (nSPS) is 13.5. The molecule has 1 rings (SSSR count). The second kappa shape index (κ2) is 8.02. The van der Waals surface area contributed by atoms with Gasteiger partial charge in [0.05, 0.1) is 0 Å². The van der Waals surface area contributed by atoms with Crippen molar-refractivity contribution in [1.29, 1.82) is 0 Å². The maximum atomic E-state index is 13.2. The predicted molar refractivity (Wildman–Crippen MR) is 82.6 cm³/mol. The number of carbonyl (C=O) groups is 1. The molecule has 0 atom stereocenters. The average Bonchev–Trinajstić information content (AvgIpc) is 2.49. The number of hydrogen-bond donors (Lipinski definition) is 2. The van der Waals surface area contributed by atoms with Crippen molar-refractivity contribution < 1.29 is 36.0 Å². The molecule has 0 aliphatic carbocycles. The van der Waals surface area contributed by atoms with Crippen molar-refractivity contribution in [3.05, 3.63) is 30.3 Å². The highest BCUT2D eigenvalue weighted by molar-refractivity contribution is 6.65. The number of alkyl halides is 6. The molecule has 0 unspecified atom stereocenters. The van der Waals surface area contributed by atoms with Crippen LogP contribution in [0.5, 0.6) is 0 Å². The second-order valence-electron chi connectivity index (χ2n) is 5.28. The highest BCUT2D eigenvalue weighted by Gasteiger charge is 2.76. The smallest absolute Gasteiger partial charge is 0.346 e. The molecule has 1 aromatic rings. The summed E-state index contributed by atoms with van der Waals surface area (Å²) in [6.07, 6.45) is -12.2. The Balaban J connectivity index is 3.21. The van der Waals surface area contributed by atoms with Crippen molar-refractivity contribution >= 4 is 28.5 Å². The Labute approximate surface area is 149 Å². The fourth-order valence-electron chi connectivity index (χ4n) is 1.49. The summed E-state index contributed by atoms with van der Waals surface area (Å²) in [6, 6.07) is 5.08. The van der Waals surface area contributed by atoms with Crippen molar-refractivity contribution in [2.75, 3.05) is 5.32 Å². The molecule has 12 heteroatoms. The van der Waals surface area contributed by atoms with Crippen LogP contribution >= 0.6 is 11.6 Å². The number of benzene rings is 1. The highest BCUT2D eigenvalue weighted by atomic mass is 35.5. The minimum Gasteiger partial charge on any atom is -0.346 e. The Hall–Kier alpha value is -2.17. The van der Waals surface area contributed by atoms with Gasteiger partial charge in [0.25, 0.3) is 0 Å². The van der Waals surface area contributed by atoms with E-state index in [0.717, 1.165) is 5.32 Å². The van der Waals surface area contributed by atoms with Crippen LogP contribution in [0, 0.1) is 5.92 Å². The van der Waals surface area contributed by atoms with E-state index in [4.69, 9.17) is 11.6 Å². The summed E-state index contributed by atoms with van der Waals surface area (Å²) in [6.45, 7) is 2.74. The number of carbonyl (C=O) groups excluding carboxylic acids is 1. The minimum absolute atomic E-state index is 0.0352. The van der Waals surface area contributed by atoms with Crippen LogP contribution in [0.25, 0.3) is 0 Å². The lowest BCUT2D eigenvalue weighted by Crippen LogP contribution is -2.69. The van der Waals surface area contributed by atoms with Gasteiger partial charge in [-0.3, -0.25) is 5.32 Å². The molecular weight excluding hydrogens is 392 g/mol. The lowest BCUT2D eigenvalue weighted by Gasteiger charge is -2.34. The molecule has 0 saturated heterocycles. The Kier molecular flexibility index (Phi) is 6.75. The predicted octanol–water partition coefficient (Wildman–Crippen LogP) is 4.85. The van der Waals surface area contributed by atoms with Gasteiger partial charge in [-0.1, -0.05) is 48.8 Å². The molecule has 0 heterocycles. The third-order valence-corrected chi connectivity index (χ3v) is 3.37. The maximum absolute atomic E-state index is 13.2. The molecule has 0 spiro atoms. The van der Waals surface area contributed by atoms with Gasteiger partial charge in [0.15, 0.2) is 0 Å². The SMILES string of the molecule is CC(C)/C(Cl)=N/OC(NC(=O)Nc1ccccc1)(C(F)(F)F)C(F)(F)F. The third-order valence-electron chi connectivity index (χ3n) is 2.87. The molecule has 0 radical (unpaired) electrons. The van der Waals surface area contributed by atoms with Gasteiger partial charge in [0.1, 0.15) is 5.17 Å². The van der Waals surface area contributed by atoms with E-state index in [1.54, 1.807) is 0 Å². The second-order valence-corrected chi connectivity index (χ2v) is 5.67. The van der Waals surface area contributed by atoms with Crippen molar-refractivity contribution in [2.45, 2.75) is 31.9 Å². The van der Waals surface area contributed by atoms with Gasteiger partial charge in [0.2, 0.25) is 0 Å². The number of oxime groups is 1. The summed E-state index contributed by atoms with van der Waals surface area (Å²) in [5.74, 6) is -0.700. The number of para-hydroxylation sites is 1. The van der Waals surface area contributed by atoms with Crippen LogP contribution in [-0.2, 0) is 4.84 Å². The Bertz CT molecular complexity index is 632. The lowest BCUT2D eigenvalue weighted by atomic mass is 10.2. The van der Waals surface area contributed by atoms with E-state index in [2.05, 4.69) is 9.99 Å². The van der Waals surface area contributed by atoms with Crippen LogP contribution in [-0.4, -0.2) is 29.3 Å².